The highest BCUT2D eigenvalue weighted by atomic mass is 15.2. The standard InChI is InChI=1S/C51H39N3.C14H16.C7H10/c1-38-20-24-45(25-21-38)52(46-28-32-48(33-29-46)53(43-16-4-2-5-17-43)50-26-22-39-12-8-10-14-41(39)36-50)47-30-34-49(35-31-47)54(44-18-6-3-7-19-44)51-27-23-40-13-9-11-15-42(40)37-51;1-3-11(2)13-9-8-12-6-4-5-7-14(12)10-13;1-3-5-7-6-4-2/h2-37H,1H3;4-11H,3H2,1-2H3;3-7H,1H2,2H3/b;;6-4-,7-5-. The molecule has 0 N–H and O–H groups in total. The normalized spacial score (nSPS) is 11.4. The first-order chi connectivity index (χ1) is 36.9. The molecule has 11 aromatic carbocycles. The van der Waals surface area contributed by atoms with Crippen molar-refractivity contribution in [2.75, 3.05) is 14.7 Å². The summed E-state index contributed by atoms with van der Waals surface area (Å²) in [6.07, 6.45) is 10.7. The van der Waals surface area contributed by atoms with Gasteiger partial charge in [-0.2, -0.15) is 0 Å². The molecule has 0 saturated heterocycles. The lowest BCUT2D eigenvalue weighted by Gasteiger charge is -2.29. The zero-order chi connectivity index (χ0) is 51.8. The van der Waals surface area contributed by atoms with Crippen LogP contribution in [0.1, 0.15) is 44.2 Å². The number of nitrogens with zero attached hydrogens (tertiary/aromatic N) is 3. The molecule has 0 spiro atoms. The van der Waals surface area contributed by atoms with Crippen LogP contribution in [0.2, 0.25) is 0 Å². The Kier molecular flexibility index (Phi) is 16.9. The van der Waals surface area contributed by atoms with Crippen molar-refractivity contribution < 1.29 is 0 Å². The van der Waals surface area contributed by atoms with E-state index in [-0.39, 0.29) is 0 Å². The smallest absolute Gasteiger partial charge is 0.0468 e. The van der Waals surface area contributed by atoms with E-state index >= 15 is 0 Å². The van der Waals surface area contributed by atoms with Crippen LogP contribution in [0.5, 0.6) is 0 Å². The quantitative estimate of drug-likeness (QED) is 0.107. The second kappa shape index (κ2) is 25.0. The molecule has 0 aliphatic rings. The number of fused-ring (bicyclic) bond motifs is 3. The van der Waals surface area contributed by atoms with Crippen molar-refractivity contribution in [2.24, 2.45) is 0 Å². The fraction of sp³-hybridized carbons (Fsp3) is 0.0833. The fourth-order valence-electron chi connectivity index (χ4n) is 9.33. The van der Waals surface area contributed by atoms with E-state index < -0.39 is 0 Å². The van der Waals surface area contributed by atoms with E-state index in [4.69, 9.17) is 0 Å². The second-order valence-corrected chi connectivity index (χ2v) is 18.7. The van der Waals surface area contributed by atoms with Gasteiger partial charge in [-0.25, -0.2) is 0 Å². The molecule has 0 aromatic heterocycles. The number of allylic oxidation sites excluding steroid dienone is 5. The Morgan fingerprint density at radius 2 is 0.667 bits per heavy atom. The van der Waals surface area contributed by atoms with Gasteiger partial charge in [0.05, 0.1) is 0 Å². The number of anilines is 9. The Morgan fingerprint density at radius 1 is 0.347 bits per heavy atom. The average molecular weight is 972 g/mol. The minimum Gasteiger partial charge on any atom is -0.311 e. The summed E-state index contributed by atoms with van der Waals surface area (Å²) < 4.78 is 0. The van der Waals surface area contributed by atoms with Gasteiger partial charge in [-0.15, -0.1) is 0 Å². The fourth-order valence-corrected chi connectivity index (χ4v) is 9.33. The van der Waals surface area contributed by atoms with E-state index in [9.17, 15) is 0 Å². The van der Waals surface area contributed by atoms with E-state index in [2.05, 4.69) is 303 Å². The minimum atomic E-state index is 0.666. The highest BCUT2D eigenvalue weighted by molar-refractivity contribution is 5.91. The van der Waals surface area contributed by atoms with Gasteiger partial charge in [0.1, 0.15) is 0 Å². The Morgan fingerprint density at radius 3 is 1.05 bits per heavy atom. The summed E-state index contributed by atoms with van der Waals surface area (Å²) in [5.41, 5.74) is 12.6. The van der Waals surface area contributed by atoms with E-state index in [1.165, 1.54) is 49.9 Å². The van der Waals surface area contributed by atoms with Gasteiger partial charge >= 0.3 is 0 Å². The van der Waals surface area contributed by atoms with Crippen LogP contribution in [0, 0.1) is 6.92 Å². The summed E-state index contributed by atoms with van der Waals surface area (Å²) in [4.78, 5) is 6.98. The van der Waals surface area contributed by atoms with Crippen LogP contribution in [-0.2, 0) is 0 Å². The summed E-state index contributed by atoms with van der Waals surface area (Å²) >= 11 is 0. The van der Waals surface area contributed by atoms with E-state index in [1.807, 2.05) is 31.2 Å². The minimum absolute atomic E-state index is 0.666. The molecule has 0 aliphatic heterocycles. The van der Waals surface area contributed by atoms with Crippen LogP contribution in [0.4, 0.5) is 51.2 Å². The number of hydrogen-bond donors (Lipinski definition) is 0. The monoisotopic (exact) mass is 972 g/mol. The zero-order valence-electron chi connectivity index (χ0n) is 43.5. The van der Waals surface area contributed by atoms with Crippen LogP contribution in [0.3, 0.4) is 0 Å². The van der Waals surface area contributed by atoms with Crippen LogP contribution in [0.15, 0.2) is 298 Å². The van der Waals surface area contributed by atoms with Gasteiger partial charge in [0, 0.05) is 51.2 Å². The maximum Gasteiger partial charge on any atom is 0.0468 e. The molecule has 11 rings (SSSR count). The third-order valence-electron chi connectivity index (χ3n) is 13.5. The van der Waals surface area contributed by atoms with Gasteiger partial charge in [0.15, 0.2) is 0 Å². The van der Waals surface area contributed by atoms with Gasteiger partial charge in [-0.1, -0.05) is 208 Å². The molecule has 0 radical (unpaired) electrons. The number of benzene rings is 11. The summed E-state index contributed by atoms with van der Waals surface area (Å²) in [7, 11) is 0. The highest BCUT2D eigenvalue weighted by Gasteiger charge is 2.18. The second-order valence-electron chi connectivity index (χ2n) is 18.7. The summed E-state index contributed by atoms with van der Waals surface area (Å²) in [6.45, 7) is 12.1. The SMILES string of the molecule is C=C/C=C\C=C/C.CCC(C)c1ccc2ccccc2c1.Cc1ccc(N(c2ccc(N(c3ccccc3)c3ccc4ccccc4c3)cc2)c2ccc(N(c3ccccc3)c3ccc4ccccc4c3)cc2)cc1. The third-order valence-corrected chi connectivity index (χ3v) is 13.5. The predicted octanol–water partition coefficient (Wildman–Crippen LogP) is 21.4. The van der Waals surface area contributed by atoms with E-state index in [0.717, 1.165) is 51.2 Å². The Bertz CT molecular complexity index is 3470. The van der Waals surface area contributed by atoms with Crippen LogP contribution < -0.4 is 14.7 Å². The molecular weight excluding hydrogens is 907 g/mol. The zero-order valence-corrected chi connectivity index (χ0v) is 43.5. The number of aryl methyl sites for hydroxylation is 1. The van der Waals surface area contributed by atoms with Gasteiger partial charge in [-0.3, -0.25) is 0 Å². The maximum absolute atomic E-state index is 3.51. The molecule has 1 unspecified atom stereocenters. The van der Waals surface area contributed by atoms with Gasteiger partial charge in [-0.05, 0) is 173 Å². The van der Waals surface area contributed by atoms with Gasteiger partial charge in [0.2, 0.25) is 0 Å². The number of hydrogen-bond acceptors (Lipinski definition) is 3. The molecule has 0 bridgehead atoms. The molecule has 0 heterocycles. The molecule has 75 heavy (non-hydrogen) atoms. The molecule has 0 amide bonds. The summed E-state index contributed by atoms with van der Waals surface area (Å²) in [5, 5.41) is 7.58. The number of rotatable bonds is 13. The average Bonchev–Trinajstić information content (AvgIpc) is 3.47. The predicted molar refractivity (Wildman–Crippen MR) is 327 cm³/mol. The Labute approximate surface area is 444 Å². The maximum atomic E-state index is 3.51. The molecule has 0 aliphatic carbocycles. The van der Waals surface area contributed by atoms with Crippen LogP contribution in [-0.4, -0.2) is 0 Å². The van der Waals surface area contributed by atoms with E-state index in [0.29, 0.717) is 5.92 Å². The van der Waals surface area contributed by atoms with Crippen molar-refractivity contribution >= 4 is 83.5 Å². The lowest BCUT2D eigenvalue weighted by molar-refractivity contribution is 0.735. The van der Waals surface area contributed by atoms with Gasteiger partial charge < -0.3 is 14.7 Å². The van der Waals surface area contributed by atoms with Gasteiger partial charge in [0.25, 0.3) is 0 Å². The first-order valence-corrected chi connectivity index (χ1v) is 26.0. The molecule has 368 valence electrons. The third kappa shape index (κ3) is 12.5. The van der Waals surface area contributed by atoms with Crippen molar-refractivity contribution in [1.82, 2.24) is 0 Å². The van der Waals surface area contributed by atoms with Crippen molar-refractivity contribution in [2.45, 2.75) is 40.0 Å². The molecular formula is C72H65N3. The van der Waals surface area contributed by atoms with E-state index in [1.54, 1.807) is 6.08 Å². The van der Waals surface area contributed by atoms with Crippen molar-refractivity contribution in [3.05, 3.63) is 309 Å². The largest absolute Gasteiger partial charge is 0.311 e. The van der Waals surface area contributed by atoms with Crippen molar-refractivity contribution in [3.8, 4) is 0 Å². The molecule has 11 aromatic rings. The lowest BCUT2D eigenvalue weighted by Crippen LogP contribution is -2.13. The van der Waals surface area contributed by atoms with Crippen LogP contribution >= 0.6 is 0 Å². The number of para-hydroxylation sites is 2. The molecule has 1 atom stereocenters. The Hall–Kier alpha value is -9.18. The Balaban J connectivity index is 0.000000273. The first kappa shape index (κ1) is 50.7. The first-order valence-electron chi connectivity index (χ1n) is 26.0. The summed E-state index contributed by atoms with van der Waals surface area (Å²) in [6, 6.07) is 93.5. The van der Waals surface area contributed by atoms with Crippen molar-refractivity contribution in [1.29, 1.82) is 0 Å². The molecule has 0 saturated carbocycles. The molecule has 0 fully saturated rings. The summed E-state index contributed by atoms with van der Waals surface area (Å²) in [5.74, 6) is 0.666. The molecule has 3 heteroatoms. The molecule has 3 nitrogen and oxygen atoms in total. The topological polar surface area (TPSA) is 9.72 Å². The van der Waals surface area contributed by atoms with Crippen LogP contribution in [0.25, 0.3) is 32.3 Å². The lowest BCUT2D eigenvalue weighted by atomic mass is 9.96. The van der Waals surface area contributed by atoms with Crippen molar-refractivity contribution in [3.63, 3.8) is 0 Å². The highest BCUT2D eigenvalue weighted by Crippen LogP contribution is 2.42.